The van der Waals surface area contributed by atoms with Gasteiger partial charge in [0.25, 0.3) is 0 Å². The van der Waals surface area contributed by atoms with E-state index in [1.807, 2.05) is 12.1 Å². The van der Waals surface area contributed by atoms with Gasteiger partial charge in [-0.25, -0.2) is 0 Å². The zero-order valence-corrected chi connectivity index (χ0v) is 9.00. The van der Waals surface area contributed by atoms with Gasteiger partial charge in [0.2, 0.25) is 0 Å². The summed E-state index contributed by atoms with van der Waals surface area (Å²) in [5, 5.41) is 23.7. The molecule has 0 radical (unpaired) electrons. The first kappa shape index (κ1) is 13.9. The van der Waals surface area contributed by atoms with Crippen LogP contribution in [0.3, 0.4) is 0 Å². The first-order chi connectivity index (χ1) is 7.91. The average Bonchev–Trinajstić information content (AvgIpc) is 2.31. The van der Waals surface area contributed by atoms with E-state index in [4.69, 9.17) is 20.2 Å². The van der Waals surface area contributed by atoms with Crippen LogP contribution < -0.4 is 0 Å². The minimum absolute atomic E-state index is 0.318. The van der Waals surface area contributed by atoms with Gasteiger partial charge in [-0.15, -0.1) is 0 Å². The molecule has 0 fully saturated rings. The molecule has 0 aromatic carbocycles. The van der Waals surface area contributed by atoms with Crippen molar-refractivity contribution in [2.24, 2.45) is 10.3 Å². The van der Waals surface area contributed by atoms with Crippen molar-refractivity contribution >= 4 is 12.4 Å². The minimum Gasteiger partial charge on any atom is -0.395 e. The molecule has 0 amide bonds. The summed E-state index contributed by atoms with van der Waals surface area (Å²) in [6, 6.07) is 3.89. The van der Waals surface area contributed by atoms with E-state index in [9.17, 15) is 0 Å². The summed E-state index contributed by atoms with van der Waals surface area (Å²) in [4.78, 5) is 9.54. The highest BCUT2D eigenvalue weighted by Gasteiger charge is 1.83. The maximum atomic E-state index is 8.19. The Kier molecular flexibility index (Phi) is 11.2. The molecule has 0 aliphatic rings. The molecule has 0 rings (SSSR count). The van der Waals surface area contributed by atoms with Crippen molar-refractivity contribution in [2.45, 2.75) is 25.7 Å². The second kappa shape index (κ2) is 12.9. The van der Waals surface area contributed by atoms with Crippen LogP contribution in [0.2, 0.25) is 0 Å². The molecule has 0 aromatic heterocycles. The van der Waals surface area contributed by atoms with Gasteiger partial charge in [0.15, 0.2) is 0 Å². The quantitative estimate of drug-likeness (QED) is 0.336. The van der Waals surface area contributed by atoms with Gasteiger partial charge < -0.3 is 9.68 Å². The first-order valence-electron chi connectivity index (χ1n) is 4.93. The van der Waals surface area contributed by atoms with Crippen LogP contribution in [0, 0.1) is 22.7 Å². The van der Waals surface area contributed by atoms with Crippen LogP contribution in [0.15, 0.2) is 10.3 Å². The smallest absolute Gasteiger partial charge is 0.130 e. The van der Waals surface area contributed by atoms with Crippen molar-refractivity contribution in [3.63, 3.8) is 0 Å². The number of oxime groups is 2. The molecule has 0 N–H and O–H groups in total. The number of rotatable bonds is 9. The third-order valence-electron chi connectivity index (χ3n) is 1.33. The van der Waals surface area contributed by atoms with Crippen molar-refractivity contribution < 1.29 is 9.68 Å². The largest absolute Gasteiger partial charge is 0.395 e. The Morgan fingerprint density at radius 2 is 1.31 bits per heavy atom. The normalized spacial score (nSPS) is 10.1. The Morgan fingerprint density at radius 3 is 1.69 bits per heavy atom. The van der Waals surface area contributed by atoms with Crippen LogP contribution in [-0.2, 0) is 9.68 Å². The molecule has 86 valence electrons. The van der Waals surface area contributed by atoms with E-state index in [0.717, 1.165) is 0 Å². The van der Waals surface area contributed by atoms with Crippen LogP contribution in [0.25, 0.3) is 0 Å². The number of hydrogen-bond acceptors (Lipinski definition) is 6. The molecule has 0 aliphatic heterocycles. The molecule has 0 aliphatic carbocycles. The monoisotopic (exact) mass is 222 g/mol. The van der Waals surface area contributed by atoms with Gasteiger partial charge in [0, 0.05) is 12.4 Å². The first-order valence-corrected chi connectivity index (χ1v) is 4.93. The molecule has 6 heteroatoms. The summed E-state index contributed by atoms with van der Waals surface area (Å²) in [5.74, 6) is 0. The number of unbranched alkanes of at least 4 members (excludes halogenated alkanes) is 1. The van der Waals surface area contributed by atoms with E-state index in [0.29, 0.717) is 38.9 Å². The lowest BCUT2D eigenvalue weighted by Crippen LogP contribution is -1.88. The predicted octanol–water partition coefficient (Wildman–Crippen LogP) is 1.60. The summed E-state index contributed by atoms with van der Waals surface area (Å²) in [7, 11) is 0. The van der Waals surface area contributed by atoms with Crippen molar-refractivity contribution in [1.29, 1.82) is 10.5 Å². The highest BCUT2D eigenvalue weighted by atomic mass is 16.6. The standard InChI is InChI=1S/C10H14N4O2/c11-5-3-9-15-13-7-1-2-8-14-16-10-4-6-12/h7-8H,1-4,9-10H2/b13-7-,14-8+. The Morgan fingerprint density at radius 1 is 0.875 bits per heavy atom. The third kappa shape index (κ3) is 11.9. The third-order valence-corrected chi connectivity index (χ3v) is 1.33. The van der Waals surface area contributed by atoms with E-state index in [-0.39, 0.29) is 0 Å². The summed E-state index contributed by atoms with van der Waals surface area (Å²) >= 11 is 0. The molecule has 0 spiro atoms. The zero-order valence-electron chi connectivity index (χ0n) is 9.00. The number of nitrogens with zero attached hydrogens (tertiary/aromatic N) is 4. The summed E-state index contributed by atoms with van der Waals surface area (Å²) < 4.78 is 0. The van der Waals surface area contributed by atoms with Gasteiger partial charge in [0.05, 0.1) is 25.0 Å². The molecule has 0 saturated carbocycles. The zero-order chi connectivity index (χ0) is 11.9. The topological polar surface area (TPSA) is 90.8 Å². The van der Waals surface area contributed by atoms with E-state index >= 15 is 0 Å². The van der Waals surface area contributed by atoms with Crippen molar-refractivity contribution in [1.82, 2.24) is 0 Å². The molecule has 6 nitrogen and oxygen atoms in total. The molecule has 0 unspecified atom stereocenters. The van der Waals surface area contributed by atoms with Gasteiger partial charge in [-0.3, -0.25) is 0 Å². The molecule has 0 aromatic rings. The lowest BCUT2D eigenvalue weighted by molar-refractivity contribution is 0.150. The predicted molar refractivity (Wildman–Crippen MR) is 58.6 cm³/mol. The van der Waals surface area contributed by atoms with Crippen molar-refractivity contribution in [2.75, 3.05) is 13.2 Å². The Bertz CT molecular complexity index is 258. The SMILES string of the molecule is N#CCCO/N=C\CC/C=N/OCCC#N. The minimum atomic E-state index is 0.318. The fourth-order valence-corrected chi connectivity index (χ4v) is 0.648. The van der Waals surface area contributed by atoms with Gasteiger partial charge >= 0.3 is 0 Å². The summed E-state index contributed by atoms with van der Waals surface area (Å²) in [6.07, 6.45) is 5.28. The molecule has 0 atom stereocenters. The van der Waals surface area contributed by atoms with E-state index in [2.05, 4.69) is 10.3 Å². The van der Waals surface area contributed by atoms with E-state index in [1.54, 1.807) is 12.4 Å². The van der Waals surface area contributed by atoms with Crippen LogP contribution in [-0.4, -0.2) is 25.6 Å². The highest BCUT2D eigenvalue weighted by molar-refractivity contribution is 5.65. The van der Waals surface area contributed by atoms with Gasteiger partial charge in [-0.1, -0.05) is 10.3 Å². The molecular weight excluding hydrogens is 208 g/mol. The van der Waals surface area contributed by atoms with E-state index < -0.39 is 0 Å². The van der Waals surface area contributed by atoms with Crippen LogP contribution in [0.4, 0.5) is 0 Å². The Hall–Kier alpha value is -2.08. The van der Waals surface area contributed by atoms with Crippen molar-refractivity contribution in [3.05, 3.63) is 0 Å². The van der Waals surface area contributed by atoms with E-state index in [1.165, 1.54) is 0 Å². The Labute approximate surface area is 94.7 Å². The van der Waals surface area contributed by atoms with Gasteiger partial charge in [-0.2, -0.15) is 10.5 Å². The van der Waals surface area contributed by atoms with Crippen LogP contribution in [0.5, 0.6) is 0 Å². The fourth-order valence-electron chi connectivity index (χ4n) is 0.648. The summed E-state index contributed by atoms with van der Waals surface area (Å²) in [6.45, 7) is 0.636. The lowest BCUT2D eigenvalue weighted by atomic mass is 10.4. The maximum absolute atomic E-state index is 8.19. The maximum Gasteiger partial charge on any atom is 0.130 e. The van der Waals surface area contributed by atoms with Crippen LogP contribution in [0.1, 0.15) is 25.7 Å². The highest BCUT2D eigenvalue weighted by Crippen LogP contribution is 1.86. The summed E-state index contributed by atoms with van der Waals surface area (Å²) in [5.41, 5.74) is 0. The molecule has 0 bridgehead atoms. The number of hydrogen-bond donors (Lipinski definition) is 0. The molecule has 0 saturated heterocycles. The Balaban J connectivity index is 3.20. The molecular formula is C10H14N4O2. The number of nitriles is 2. The molecule has 0 heterocycles. The second-order valence-corrected chi connectivity index (χ2v) is 2.64. The lowest BCUT2D eigenvalue weighted by Gasteiger charge is -1.92. The van der Waals surface area contributed by atoms with Gasteiger partial charge in [-0.05, 0) is 12.8 Å². The van der Waals surface area contributed by atoms with Crippen molar-refractivity contribution in [3.8, 4) is 12.1 Å². The molecule has 16 heavy (non-hydrogen) atoms. The second-order valence-electron chi connectivity index (χ2n) is 2.64. The van der Waals surface area contributed by atoms with Crippen LogP contribution >= 0.6 is 0 Å². The van der Waals surface area contributed by atoms with Gasteiger partial charge in [0.1, 0.15) is 13.2 Å². The average molecular weight is 222 g/mol. The fraction of sp³-hybridized carbons (Fsp3) is 0.600.